The standard InChI is InChI=1S/C23H21N3O4/c1-15-21-17(14-18(25-23(21)30-26-15)16-8-4-3-5-9-16)22(27)24-12-13-29-20-11-7-6-10-19(20)28-2/h3-11,14H,12-13H2,1-2H3,(H,24,27). The summed E-state index contributed by atoms with van der Waals surface area (Å²) >= 11 is 0. The van der Waals surface area contributed by atoms with E-state index in [9.17, 15) is 4.79 Å². The number of rotatable bonds is 7. The second kappa shape index (κ2) is 8.65. The van der Waals surface area contributed by atoms with E-state index in [0.717, 1.165) is 5.56 Å². The smallest absolute Gasteiger partial charge is 0.259 e. The van der Waals surface area contributed by atoms with Crippen molar-refractivity contribution >= 4 is 17.0 Å². The van der Waals surface area contributed by atoms with Crippen LogP contribution < -0.4 is 14.8 Å². The average Bonchev–Trinajstić information content (AvgIpc) is 3.17. The molecule has 0 saturated heterocycles. The fraction of sp³-hybridized carbons (Fsp3) is 0.174. The van der Waals surface area contributed by atoms with E-state index in [2.05, 4.69) is 15.5 Å². The Labute approximate surface area is 173 Å². The van der Waals surface area contributed by atoms with Crippen LogP contribution in [-0.4, -0.2) is 36.3 Å². The third-order valence-corrected chi connectivity index (χ3v) is 4.65. The lowest BCUT2D eigenvalue weighted by Crippen LogP contribution is -2.28. The predicted octanol–water partition coefficient (Wildman–Crippen LogP) is 4.02. The molecule has 0 aliphatic rings. The van der Waals surface area contributed by atoms with Gasteiger partial charge in [-0.2, -0.15) is 0 Å². The minimum atomic E-state index is -0.241. The first-order valence-electron chi connectivity index (χ1n) is 9.54. The maximum Gasteiger partial charge on any atom is 0.259 e. The molecule has 0 saturated carbocycles. The van der Waals surface area contributed by atoms with Gasteiger partial charge in [0.1, 0.15) is 6.61 Å². The summed E-state index contributed by atoms with van der Waals surface area (Å²) in [6, 6.07) is 18.8. The molecule has 4 rings (SSSR count). The number of hydrogen-bond acceptors (Lipinski definition) is 6. The number of ether oxygens (including phenoxy) is 2. The zero-order valence-electron chi connectivity index (χ0n) is 16.7. The molecule has 2 aromatic carbocycles. The Morgan fingerprint density at radius 2 is 1.80 bits per heavy atom. The van der Waals surface area contributed by atoms with Crippen LogP contribution in [0.25, 0.3) is 22.4 Å². The first kappa shape index (κ1) is 19.4. The molecule has 7 nitrogen and oxygen atoms in total. The van der Waals surface area contributed by atoms with Gasteiger partial charge in [0.05, 0.1) is 36.0 Å². The number of nitrogens with one attached hydrogen (secondary N) is 1. The molecule has 2 heterocycles. The van der Waals surface area contributed by atoms with Crippen molar-refractivity contribution in [2.75, 3.05) is 20.3 Å². The fourth-order valence-electron chi connectivity index (χ4n) is 3.19. The van der Waals surface area contributed by atoms with Gasteiger partial charge in [-0.3, -0.25) is 4.79 Å². The molecule has 152 valence electrons. The molecule has 1 N–H and O–H groups in total. The summed E-state index contributed by atoms with van der Waals surface area (Å²) in [5, 5.41) is 7.47. The molecule has 0 spiro atoms. The molecular formula is C23H21N3O4. The lowest BCUT2D eigenvalue weighted by atomic mass is 10.1. The van der Waals surface area contributed by atoms with Crippen LogP contribution in [-0.2, 0) is 0 Å². The van der Waals surface area contributed by atoms with Crippen LogP contribution >= 0.6 is 0 Å². The zero-order valence-corrected chi connectivity index (χ0v) is 16.7. The van der Waals surface area contributed by atoms with Crippen molar-refractivity contribution in [3.05, 3.63) is 71.9 Å². The van der Waals surface area contributed by atoms with E-state index in [1.165, 1.54) is 0 Å². The molecular weight excluding hydrogens is 382 g/mol. The normalized spacial score (nSPS) is 10.7. The second-order valence-corrected chi connectivity index (χ2v) is 6.62. The summed E-state index contributed by atoms with van der Waals surface area (Å²) in [4.78, 5) is 17.5. The number of fused-ring (bicyclic) bond motifs is 1. The monoisotopic (exact) mass is 403 g/mol. The van der Waals surface area contributed by atoms with E-state index < -0.39 is 0 Å². The number of carbonyl (C=O) groups is 1. The number of aromatic nitrogens is 2. The summed E-state index contributed by atoms with van der Waals surface area (Å²) < 4.78 is 16.3. The Kier molecular flexibility index (Phi) is 5.61. The fourth-order valence-corrected chi connectivity index (χ4v) is 3.19. The van der Waals surface area contributed by atoms with Gasteiger partial charge in [0.15, 0.2) is 11.5 Å². The summed E-state index contributed by atoms with van der Waals surface area (Å²) in [6.07, 6.45) is 0. The first-order chi connectivity index (χ1) is 14.7. The highest BCUT2D eigenvalue weighted by molar-refractivity contribution is 6.07. The number of amides is 1. The number of para-hydroxylation sites is 2. The van der Waals surface area contributed by atoms with Crippen molar-refractivity contribution in [2.24, 2.45) is 0 Å². The maximum absolute atomic E-state index is 12.9. The largest absolute Gasteiger partial charge is 0.493 e. The number of aryl methyl sites for hydroxylation is 1. The van der Waals surface area contributed by atoms with Gasteiger partial charge < -0.3 is 19.3 Å². The predicted molar refractivity (Wildman–Crippen MR) is 113 cm³/mol. The number of hydrogen-bond donors (Lipinski definition) is 1. The highest BCUT2D eigenvalue weighted by atomic mass is 16.5. The molecule has 7 heteroatoms. The molecule has 4 aromatic rings. The average molecular weight is 403 g/mol. The van der Waals surface area contributed by atoms with Crippen LogP contribution in [0.1, 0.15) is 16.1 Å². The van der Waals surface area contributed by atoms with Crippen molar-refractivity contribution in [3.8, 4) is 22.8 Å². The van der Waals surface area contributed by atoms with Gasteiger partial charge in [0.25, 0.3) is 11.6 Å². The molecule has 30 heavy (non-hydrogen) atoms. The number of nitrogens with zero attached hydrogens (tertiary/aromatic N) is 2. The van der Waals surface area contributed by atoms with Gasteiger partial charge in [-0.25, -0.2) is 4.98 Å². The highest BCUT2D eigenvalue weighted by Crippen LogP contribution is 2.27. The van der Waals surface area contributed by atoms with Gasteiger partial charge in [0, 0.05) is 5.56 Å². The summed E-state index contributed by atoms with van der Waals surface area (Å²) in [7, 11) is 1.59. The van der Waals surface area contributed by atoms with Crippen LogP contribution in [0.3, 0.4) is 0 Å². The SMILES string of the molecule is COc1ccccc1OCCNC(=O)c1cc(-c2ccccc2)nc2onc(C)c12. The number of carbonyl (C=O) groups excluding carboxylic acids is 1. The lowest BCUT2D eigenvalue weighted by molar-refractivity contribution is 0.0948. The van der Waals surface area contributed by atoms with Crippen molar-refractivity contribution in [3.63, 3.8) is 0 Å². The van der Waals surface area contributed by atoms with Crippen molar-refractivity contribution < 1.29 is 18.8 Å². The van der Waals surface area contributed by atoms with Crippen molar-refractivity contribution in [2.45, 2.75) is 6.92 Å². The number of methoxy groups -OCH3 is 1. The molecule has 0 aliphatic carbocycles. The molecule has 1 amide bonds. The van der Waals surface area contributed by atoms with Crippen LogP contribution in [0.4, 0.5) is 0 Å². The Bertz CT molecular complexity index is 1170. The second-order valence-electron chi connectivity index (χ2n) is 6.62. The molecule has 0 bridgehead atoms. The molecule has 0 atom stereocenters. The molecule has 0 aliphatic heterocycles. The maximum atomic E-state index is 12.9. The Morgan fingerprint density at radius 1 is 1.07 bits per heavy atom. The zero-order chi connectivity index (χ0) is 20.9. The van der Waals surface area contributed by atoms with E-state index in [1.54, 1.807) is 20.1 Å². The third-order valence-electron chi connectivity index (χ3n) is 4.65. The molecule has 2 aromatic heterocycles. The van der Waals surface area contributed by atoms with Gasteiger partial charge in [0.2, 0.25) is 0 Å². The number of pyridine rings is 1. The summed E-state index contributed by atoms with van der Waals surface area (Å²) in [5.74, 6) is 1.03. The van der Waals surface area contributed by atoms with E-state index >= 15 is 0 Å². The minimum Gasteiger partial charge on any atom is -0.493 e. The van der Waals surface area contributed by atoms with Gasteiger partial charge in [-0.05, 0) is 25.1 Å². The molecule has 0 fully saturated rings. The molecule has 0 radical (unpaired) electrons. The van der Waals surface area contributed by atoms with Gasteiger partial charge >= 0.3 is 0 Å². The van der Waals surface area contributed by atoms with E-state index in [1.807, 2.05) is 54.6 Å². The van der Waals surface area contributed by atoms with Gasteiger partial charge in [-0.15, -0.1) is 0 Å². The van der Waals surface area contributed by atoms with Crippen LogP contribution in [0, 0.1) is 6.92 Å². The van der Waals surface area contributed by atoms with E-state index in [0.29, 0.717) is 52.7 Å². The Morgan fingerprint density at radius 3 is 2.57 bits per heavy atom. The van der Waals surface area contributed by atoms with Crippen LogP contribution in [0.2, 0.25) is 0 Å². The topological polar surface area (TPSA) is 86.5 Å². The van der Waals surface area contributed by atoms with E-state index in [4.69, 9.17) is 14.0 Å². The Balaban J connectivity index is 1.52. The highest BCUT2D eigenvalue weighted by Gasteiger charge is 2.19. The minimum absolute atomic E-state index is 0.241. The van der Waals surface area contributed by atoms with Crippen LogP contribution in [0.5, 0.6) is 11.5 Å². The van der Waals surface area contributed by atoms with Crippen LogP contribution in [0.15, 0.2) is 65.2 Å². The Hall–Kier alpha value is -3.87. The summed E-state index contributed by atoms with van der Waals surface area (Å²) in [6.45, 7) is 2.41. The first-order valence-corrected chi connectivity index (χ1v) is 9.54. The van der Waals surface area contributed by atoms with Gasteiger partial charge in [-0.1, -0.05) is 47.6 Å². The summed E-state index contributed by atoms with van der Waals surface area (Å²) in [5.41, 5.74) is 2.96. The lowest BCUT2D eigenvalue weighted by Gasteiger charge is -2.11. The third kappa shape index (κ3) is 3.96. The van der Waals surface area contributed by atoms with Crippen molar-refractivity contribution in [1.82, 2.24) is 15.5 Å². The molecule has 0 unspecified atom stereocenters. The van der Waals surface area contributed by atoms with Crippen molar-refractivity contribution in [1.29, 1.82) is 0 Å². The van der Waals surface area contributed by atoms with E-state index in [-0.39, 0.29) is 5.91 Å². The number of benzene rings is 2. The quantitative estimate of drug-likeness (QED) is 0.469.